The van der Waals surface area contributed by atoms with Gasteiger partial charge in [-0.15, -0.1) is 0 Å². The minimum absolute atomic E-state index is 0.427. The fourth-order valence-corrected chi connectivity index (χ4v) is 2.99. The molecule has 4 heteroatoms. The quantitative estimate of drug-likeness (QED) is 0.881. The molecule has 0 saturated heterocycles. The Labute approximate surface area is 116 Å². The summed E-state index contributed by atoms with van der Waals surface area (Å²) in [7, 11) is 0. The van der Waals surface area contributed by atoms with Crippen molar-refractivity contribution in [1.29, 1.82) is 0 Å². The largest absolute Gasteiger partial charge is 0.493 e. The fraction of sp³-hybridized carbons (Fsp3) is 0.333. The molecule has 1 aromatic carbocycles. The van der Waals surface area contributed by atoms with Crippen LogP contribution in [0.2, 0.25) is 0 Å². The predicted molar refractivity (Wildman–Crippen MR) is 76.6 cm³/mol. The molecule has 0 amide bonds. The van der Waals surface area contributed by atoms with E-state index < -0.39 is 6.10 Å². The molecule has 0 radical (unpaired) electrons. The highest BCUT2D eigenvalue weighted by molar-refractivity contribution is 7.07. The smallest absolute Gasteiger partial charge is 0.122 e. The highest BCUT2D eigenvalue weighted by Gasteiger charge is 2.12. The summed E-state index contributed by atoms with van der Waals surface area (Å²) in [5.41, 5.74) is 3.51. The van der Waals surface area contributed by atoms with Gasteiger partial charge in [0.15, 0.2) is 0 Å². The molecule has 100 valence electrons. The second-order valence-electron chi connectivity index (χ2n) is 4.74. The Balaban J connectivity index is 1.52. The normalized spacial score (nSPS) is 15.0. The van der Waals surface area contributed by atoms with E-state index in [0.717, 1.165) is 30.9 Å². The van der Waals surface area contributed by atoms with Crippen LogP contribution in [0.15, 0.2) is 35.0 Å². The van der Waals surface area contributed by atoms with Crippen LogP contribution in [0.3, 0.4) is 0 Å². The molecule has 3 rings (SSSR count). The number of thiophene rings is 1. The minimum Gasteiger partial charge on any atom is -0.493 e. The van der Waals surface area contributed by atoms with Crippen molar-refractivity contribution in [2.75, 3.05) is 13.2 Å². The molecule has 3 nitrogen and oxygen atoms in total. The number of hydrogen-bond acceptors (Lipinski definition) is 4. The maximum Gasteiger partial charge on any atom is 0.122 e. The van der Waals surface area contributed by atoms with Crippen LogP contribution < -0.4 is 10.1 Å². The third kappa shape index (κ3) is 2.97. The predicted octanol–water partition coefficient (Wildman–Crippen LogP) is 2.51. The lowest BCUT2D eigenvalue weighted by Crippen LogP contribution is -2.20. The van der Waals surface area contributed by atoms with E-state index in [1.165, 1.54) is 11.1 Å². The molecule has 0 fully saturated rings. The van der Waals surface area contributed by atoms with Crippen LogP contribution in [0.25, 0.3) is 0 Å². The Hall–Kier alpha value is -1.36. The SMILES string of the molecule is OC(CNCc1ccc2c(c1)CCO2)c1ccsc1. The minimum atomic E-state index is -0.427. The van der Waals surface area contributed by atoms with Crippen molar-refractivity contribution in [3.05, 3.63) is 51.7 Å². The molecule has 2 aromatic rings. The molecule has 1 unspecified atom stereocenters. The standard InChI is InChI=1S/C15H17NO2S/c17-14(13-4-6-19-10-13)9-16-8-11-1-2-15-12(7-11)3-5-18-15/h1-2,4,6-7,10,14,16-17H,3,5,8-9H2. The monoisotopic (exact) mass is 275 g/mol. The van der Waals surface area contributed by atoms with Crippen molar-refractivity contribution in [2.24, 2.45) is 0 Å². The van der Waals surface area contributed by atoms with Crippen molar-refractivity contribution in [3.63, 3.8) is 0 Å². The Bertz CT molecular complexity index is 539. The van der Waals surface area contributed by atoms with Gasteiger partial charge in [0.05, 0.1) is 12.7 Å². The van der Waals surface area contributed by atoms with Crippen LogP contribution in [0.1, 0.15) is 22.8 Å². The van der Waals surface area contributed by atoms with Crippen LogP contribution in [0, 0.1) is 0 Å². The molecule has 1 aromatic heterocycles. The van der Waals surface area contributed by atoms with E-state index in [1.807, 2.05) is 22.9 Å². The van der Waals surface area contributed by atoms with Gasteiger partial charge in [0, 0.05) is 19.5 Å². The Kier molecular flexibility index (Phi) is 3.82. The summed E-state index contributed by atoms with van der Waals surface area (Å²) in [5, 5.41) is 17.2. The van der Waals surface area contributed by atoms with E-state index in [1.54, 1.807) is 11.3 Å². The van der Waals surface area contributed by atoms with E-state index >= 15 is 0 Å². The van der Waals surface area contributed by atoms with Gasteiger partial charge in [0.2, 0.25) is 0 Å². The molecular weight excluding hydrogens is 258 g/mol. The molecular formula is C15H17NO2S. The zero-order valence-electron chi connectivity index (χ0n) is 10.6. The van der Waals surface area contributed by atoms with Crippen LogP contribution >= 0.6 is 11.3 Å². The number of hydrogen-bond donors (Lipinski definition) is 2. The van der Waals surface area contributed by atoms with Gasteiger partial charge in [0.1, 0.15) is 5.75 Å². The van der Waals surface area contributed by atoms with Gasteiger partial charge in [0.25, 0.3) is 0 Å². The Morgan fingerprint density at radius 3 is 3.16 bits per heavy atom. The van der Waals surface area contributed by atoms with Gasteiger partial charge in [-0.2, -0.15) is 11.3 Å². The zero-order valence-corrected chi connectivity index (χ0v) is 11.5. The van der Waals surface area contributed by atoms with Crippen LogP contribution in [-0.4, -0.2) is 18.3 Å². The van der Waals surface area contributed by atoms with Crippen molar-refractivity contribution in [2.45, 2.75) is 19.1 Å². The fourth-order valence-electron chi connectivity index (χ4n) is 2.29. The first kappa shape index (κ1) is 12.7. The summed E-state index contributed by atoms with van der Waals surface area (Å²) in [6.45, 7) is 2.14. The van der Waals surface area contributed by atoms with Gasteiger partial charge in [-0.1, -0.05) is 12.1 Å². The molecule has 0 spiro atoms. The van der Waals surface area contributed by atoms with Crippen LogP contribution in [0.5, 0.6) is 5.75 Å². The molecule has 19 heavy (non-hydrogen) atoms. The average Bonchev–Trinajstić information content (AvgIpc) is 3.09. The maximum absolute atomic E-state index is 9.97. The summed E-state index contributed by atoms with van der Waals surface area (Å²) in [4.78, 5) is 0. The Morgan fingerprint density at radius 2 is 2.32 bits per heavy atom. The lowest BCUT2D eigenvalue weighted by molar-refractivity contribution is 0.175. The first-order chi connectivity index (χ1) is 9.33. The van der Waals surface area contributed by atoms with Gasteiger partial charge < -0.3 is 15.2 Å². The summed E-state index contributed by atoms with van der Waals surface area (Å²) >= 11 is 1.61. The second-order valence-corrected chi connectivity index (χ2v) is 5.52. The number of rotatable bonds is 5. The van der Waals surface area contributed by atoms with Gasteiger partial charge in [-0.3, -0.25) is 0 Å². The van der Waals surface area contributed by atoms with E-state index in [4.69, 9.17) is 4.74 Å². The Morgan fingerprint density at radius 1 is 1.37 bits per heavy atom. The molecule has 1 atom stereocenters. The molecule has 0 saturated carbocycles. The van der Waals surface area contributed by atoms with Crippen LogP contribution in [0.4, 0.5) is 0 Å². The summed E-state index contributed by atoms with van der Waals surface area (Å²) in [6.07, 6.45) is 0.574. The average molecular weight is 275 g/mol. The molecule has 0 aliphatic carbocycles. The topological polar surface area (TPSA) is 41.5 Å². The van der Waals surface area contributed by atoms with Gasteiger partial charge in [-0.25, -0.2) is 0 Å². The highest BCUT2D eigenvalue weighted by Crippen LogP contribution is 2.25. The number of aliphatic hydroxyl groups excluding tert-OH is 1. The van der Waals surface area contributed by atoms with E-state index in [2.05, 4.69) is 17.4 Å². The molecule has 2 N–H and O–H groups in total. The van der Waals surface area contributed by atoms with E-state index in [0.29, 0.717) is 6.54 Å². The van der Waals surface area contributed by atoms with E-state index in [-0.39, 0.29) is 0 Å². The van der Waals surface area contributed by atoms with Crippen molar-refractivity contribution < 1.29 is 9.84 Å². The number of aliphatic hydroxyl groups is 1. The molecule has 0 bridgehead atoms. The van der Waals surface area contributed by atoms with E-state index in [9.17, 15) is 5.11 Å². The summed E-state index contributed by atoms with van der Waals surface area (Å²) < 4.78 is 5.49. The third-order valence-corrected chi connectivity index (χ3v) is 4.05. The summed E-state index contributed by atoms with van der Waals surface area (Å²) in [6, 6.07) is 8.26. The summed E-state index contributed by atoms with van der Waals surface area (Å²) in [5.74, 6) is 1.02. The van der Waals surface area contributed by atoms with Crippen molar-refractivity contribution >= 4 is 11.3 Å². The maximum atomic E-state index is 9.97. The number of benzene rings is 1. The third-order valence-electron chi connectivity index (χ3n) is 3.35. The number of fused-ring (bicyclic) bond motifs is 1. The van der Waals surface area contributed by atoms with Crippen LogP contribution in [-0.2, 0) is 13.0 Å². The van der Waals surface area contributed by atoms with Gasteiger partial charge >= 0.3 is 0 Å². The van der Waals surface area contributed by atoms with Crippen molar-refractivity contribution in [3.8, 4) is 5.75 Å². The number of nitrogens with one attached hydrogen (secondary N) is 1. The first-order valence-electron chi connectivity index (χ1n) is 6.48. The second kappa shape index (κ2) is 5.74. The number of ether oxygens (including phenoxy) is 1. The lowest BCUT2D eigenvalue weighted by Gasteiger charge is -2.11. The van der Waals surface area contributed by atoms with Crippen molar-refractivity contribution in [1.82, 2.24) is 5.32 Å². The highest BCUT2D eigenvalue weighted by atomic mass is 32.1. The lowest BCUT2D eigenvalue weighted by atomic mass is 10.1. The van der Waals surface area contributed by atoms with Gasteiger partial charge in [-0.05, 0) is 39.6 Å². The first-order valence-corrected chi connectivity index (χ1v) is 7.43. The molecule has 1 aliphatic heterocycles. The zero-order chi connectivity index (χ0) is 13.1. The molecule has 1 aliphatic rings. The molecule has 2 heterocycles.